The number of rotatable bonds is 3. The molecule has 0 saturated carbocycles. The normalized spacial score (nSPS) is 10.7. The van der Waals surface area contributed by atoms with Crippen LogP contribution in [0.5, 0.6) is 11.5 Å². The molecule has 0 bridgehead atoms. The molecule has 0 unspecified atom stereocenters. The zero-order chi connectivity index (χ0) is 14.1. The lowest BCUT2D eigenvalue weighted by Gasteiger charge is -2.08. The topological polar surface area (TPSA) is 74.7 Å². The molecule has 0 aliphatic rings. The molecule has 1 aromatic carbocycles. The molecule has 0 spiro atoms. The molecule has 0 aliphatic heterocycles. The third kappa shape index (κ3) is 1.82. The van der Waals surface area contributed by atoms with E-state index in [0.29, 0.717) is 28.7 Å². The molecule has 6 nitrogen and oxygen atoms in total. The van der Waals surface area contributed by atoms with Gasteiger partial charge in [-0.05, 0) is 30.3 Å². The van der Waals surface area contributed by atoms with Gasteiger partial charge in [0, 0.05) is 11.8 Å². The number of nitrogens with zero attached hydrogens (tertiary/aromatic N) is 3. The molecule has 102 valence electrons. The molecule has 6 heteroatoms. The Labute approximate surface area is 115 Å². The summed E-state index contributed by atoms with van der Waals surface area (Å²) in [7, 11) is 3.20. The molecular weight excluding hydrogens is 256 g/mol. The fourth-order valence-corrected chi connectivity index (χ4v) is 2.11. The van der Waals surface area contributed by atoms with Gasteiger partial charge in [0.05, 0.1) is 19.9 Å². The summed E-state index contributed by atoms with van der Waals surface area (Å²) < 4.78 is 12.4. The van der Waals surface area contributed by atoms with E-state index >= 15 is 0 Å². The molecule has 3 rings (SSSR count). The number of hydrogen-bond acceptors (Lipinski definition) is 5. The standard InChI is InChI=1S/C14H14N4O2/c1-19-11-6-5-9(8-12(11)20-2)13-16-17-14-10(15)4-3-7-18(13)14/h3-8H,15H2,1-2H3. The van der Waals surface area contributed by atoms with Gasteiger partial charge < -0.3 is 15.2 Å². The SMILES string of the molecule is COc1ccc(-c2nnc3c(N)cccn23)cc1OC. The summed E-state index contributed by atoms with van der Waals surface area (Å²) in [6, 6.07) is 9.25. The first kappa shape index (κ1) is 12.3. The van der Waals surface area contributed by atoms with E-state index in [9.17, 15) is 0 Å². The Balaban J connectivity index is 2.18. The highest BCUT2D eigenvalue weighted by Gasteiger charge is 2.12. The number of aromatic nitrogens is 3. The van der Waals surface area contributed by atoms with Gasteiger partial charge in [-0.25, -0.2) is 0 Å². The Bertz CT molecular complexity index is 767. The van der Waals surface area contributed by atoms with Crippen molar-refractivity contribution in [2.45, 2.75) is 0 Å². The smallest absolute Gasteiger partial charge is 0.184 e. The van der Waals surface area contributed by atoms with E-state index < -0.39 is 0 Å². The molecule has 0 saturated heterocycles. The van der Waals surface area contributed by atoms with Crippen LogP contribution in [0.1, 0.15) is 0 Å². The Morgan fingerprint density at radius 3 is 2.60 bits per heavy atom. The summed E-state index contributed by atoms with van der Waals surface area (Å²) in [6.07, 6.45) is 1.87. The highest BCUT2D eigenvalue weighted by atomic mass is 16.5. The van der Waals surface area contributed by atoms with Gasteiger partial charge in [-0.15, -0.1) is 10.2 Å². The van der Waals surface area contributed by atoms with Gasteiger partial charge in [0.1, 0.15) is 0 Å². The van der Waals surface area contributed by atoms with E-state index in [1.807, 2.05) is 34.9 Å². The maximum atomic E-state index is 5.88. The van der Waals surface area contributed by atoms with Gasteiger partial charge >= 0.3 is 0 Å². The van der Waals surface area contributed by atoms with E-state index in [2.05, 4.69) is 10.2 Å². The van der Waals surface area contributed by atoms with Gasteiger partial charge in [-0.1, -0.05) is 0 Å². The molecule has 0 aliphatic carbocycles. The van der Waals surface area contributed by atoms with Crippen LogP contribution in [0.15, 0.2) is 36.5 Å². The lowest BCUT2D eigenvalue weighted by atomic mass is 10.2. The molecule has 3 aromatic rings. The quantitative estimate of drug-likeness (QED) is 0.787. The molecule has 0 atom stereocenters. The van der Waals surface area contributed by atoms with Gasteiger partial charge in [0.15, 0.2) is 23.0 Å². The molecule has 0 amide bonds. The number of pyridine rings is 1. The van der Waals surface area contributed by atoms with E-state index in [-0.39, 0.29) is 0 Å². The number of nitrogens with two attached hydrogens (primary N) is 1. The number of nitrogen functional groups attached to an aromatic ring is 1. The largest absolute Gasteiger partial charge is 0.493 e. The Kier molecular flexibility index (Phi) is 2.90. The Morgan fingerprint density at radius 2 is 1.85 bits per heavy atom. The van der Waals surface area contributed by atoms with Crippen molar-refractivity contribution in [2.75, 3.05) is 20.0 Å². The molecule has 2 aromatic heterocycles. The van der Waals surface area contributed by atoms with Crippen molar-refractivity contribution in [2.24, 2.45) is 0 Å². The Morgan fingerprint density at radius 1 is 1.05 bits per heavy atom. The number of ether oxygens (including phenoxy) is 2. The average molecular weight is 270 g/mol. The number of benzene rings is 1. The second kappa shape index (κ2) is 4.73. The van der Waals surface area contributed by atoms with Crippen molar-refractivity contribution < 1.29 is 9.47 Å². The lowest BCUT2D eigenvalue weighted by Crippen LogP contribution is -1.95. The highest BCUT2D eigenvalue weighted by molar-refractivity contribution is 5.70. The summed E-state index contributed by atoms with van der Waals surface area (Å²) in [5, 5.41) is 8.30. The molecule has 20 heavy (non-hydrogen) atoms. The summed E-state index contributed by atoms with van der Waals surface area (Å²) in [5.74, 6) is 2.02. The molecule has 2 heterocycles. The van der Waals surface area contributed by atoms with E-state index in [1.165, 1.54) is 0 Å². The van der Waals surface area contributed by atoms with Gasteiger partial charge in [0.2, 0.25) is 0 Å². The fraction of sp³-hybridized carbons (Fsp3) is 0.143. The predicted molar refractivity (Wildman–Crippen MR) is 75.9 cm³/mol. The summed E-state index contributed by atoms with van der Waals surface area (Å²) >= 11 is 0. The third-order valence-corrected chi connectivity index (χ3v) is 3.11. The highest BCUT2D eigenvalue weighted by Crippen LogP contribution is 2.32. The third-order valence-electron chi connectivity index (χ3n) is 3.11. The van der Waals surface area contributed by atoms with Crippen LogP contribution in [0.2, 0.25) is 0 Å². The van der Waals surface area contributed by atoms with E-state index in [1.54, 1.807) is 20.3 Å². The van der Waals surface area contributed by atoms with E-state index in [0.717, 1.165) is 5.56 Å². The maximum Gasteiger partial charge on any atom is 0.184 e. The summed E-state index contributed by atoms with van der Waals surface area (Å²) in [4.78, 5) is 0. The van der Waals surface area contributed by atoms with Crippen molar-refractivity contribution >= 4 is 11.3 Å². The second-order valence-electron chi connectivity index (χ2n) is 4.25. The van der Waals surface area contributed by atoms with E-state index in [4.69, 9.17) is 15.2 Å². The number of methoxy groups -OCH3 is 2. The zero-order valence-electron chi connectivity index (χ0n) is 11.2. The number of anilines is 1. The van der Waals surface area contributed by atoms with Gasteiger partial charge in [-0.3, -0.25) is 4.40 Å². The average Bonchev–Trinajstić information content (AvgIpc) is 2.92. The van der Waals surface area contributed by atoms with Crippen LogP contribution in [-0.4, -0.2) is 28.8 Å². The fourth-order valence-electron chi connectivity index (χ4n) is 2.11. The first-order chi connectivity index (χ1) is 9.74. The van der Waals surface area contributed by atoms with Gasteiger partial charge in [0.25, 0.3) is 0 Å². The first-order valence-corrected chi connectivity index (χ1v) is 6.06. The van der Waals surface area contributed by atoms with Crippen molar-refractivity contribution in [1.82, 2.24) is 14.6 Å². The van der Waals surface area contributed by atoms with Crippen molar-refractivity contribution in [3.8, 4) is 22.9 Å². The summed E-state index contributed by atoms with van der Waals surface area (Å²) in [5.41, 5.74) is 7.98. The van der Waals surface area contributed by atoms with Crippen molar-refractivity contribution in [3.63, 3.8) is 0 Å². The molecular formula is C14H14N4O2. The van der Waals surface area contributed by atoms with Crippen molar-refractivity contribution in [3.05, 3.63) is 36.5 Å². The van der Waals surface area contributed by atoms with Crippen molar-refractivity contribution in [1.29, 1.82) is 0 Å². The molecule has 2 N–H and O–H groups in total. The summed E-state index contributed by atoms with van der Waals surface area (Å²) in [6.45, 7) is 0. The van der Waals surface area contributed by atoms with Crippen LogP contribution < -0.4 is 15.2 Å². The zero-order valence-corrected chi connectivity index (χ0v) is 11.2. The monoisotopic (exact) mass is 270 g/mol. The van der Waals surface area contributed by atoms with Crippen LogP contribution in [-0.2, 0) is 0 Å². The predicted octanol–water partition coefficient (Wildman–Crippen LogP) is 2.00. The number of hydrogen-bond donors (Lipinski definition) is 1. The minimum atomic E-state index is 0.590. The maximum absolute atomic E-state index is 5.88. The number of fused-ring (bicyclic) bond motifs is 1. The molecule has 0 radical (unpaired) electrons. The first-order valence-electron chi connectivity index (χ1n) is 6.06. The minimum Gasteiger partial charge on any atom is -0.493 e. The minimum absolute atomic E-state index is 0.590. The van der Waals surface area contributed by atoms with Gasteiger partial charge in [-0.2, -0.15) is 0 Å². The van der Waals surface area contributed by atoms with Crippen LogP contribution in [0.4, 0.5) is 5.69 Å². The van der Waals surface area contributed by atoms with Crippen LogP contribution >= 0.6 is 0 Å². The molecule has 0 fully saturated rings. The lowest BCUT2D eigenvalue weighted by molar-refractivity contribution is 0.355. The van der Waals surface area contributed by atoms with Crippen LogP contribution in [0.25, 0.3) is 17.0 Å². The van der Waals surface area contributed by atoms with Crippen LogP contribution in [0, 0.1) is 0 Å². The Hall–Kier alpha value is -2.76. The second-order valence-corrected chi connectivity index (χ2v) is 4.25. The van der Waals surface area contributed by atoms with Crippen LogP contribution in [0.3, 0.4) is 0 Å².